The molecule has 0 radical (unpaired) electrons. The van der Waals surface area contributed by atoms with Crippen LogP contribution in [0.1, 0.15) is 12.5 Å². The van der Waals surface area contributed by atoms with E-state index < -0.39 is 0 Å². The number of benzene rings is 1. The lowest BCUT2D eigenvalue weighted by Gasteiger charge is -2.29. The normalized spacial score (nSPS) is 20.6. The first-order valence-corrected chi connectivity index (χ1v) is 7.99. The zero-order valence-corrected chi connectivity index (χ0v) is 12.7. The highest BCUT2D eigenvalue weighted by Gasteiger charge is 2.17. The number of morpholine rings is 1. The van der Waals surface area contributed by atoms with E-state index in [1.165, 1.54) is 10.5 Å². The van der Waals surface area contributed by atoms with E-state index in [9.17, 15) is 0 Å². The Morgan fingerprint density at radius 3 is 2.84 bits per heavy atom. The molecule has 1 aromatic carbocycles. The third kappa shape index (κ3) is 5.15. The van der Waals surface area contributed by atoms with E-state index in [-0.39, 0.29) is 0 Å². The van der Waals surface area contributed by atoms with Crippen LogP contribution in [0, 0.1) is 0 Å². The Morgan fingerprint density at radius 2 is 2.16 bits per heavy atom. The predicted molar refractivity (Wildman–Crippen MR) is 81.8 cm³/mol. The molecule has 1 unspecified atom stereocenters. The summed E-state index contributed by atoms with van der Waals surface area (Å²) >= 11 is 1.89. The molecule has 0 saturated carbocycles. The van der Waals surface area contributed by atoms with Gasteiger partial charge in [-0.15, -0.1) is 11.8 Å². The number of hydrogen-bond donors (Lipinski definition) is 1. The molecule has 2 rings (SSSR count). The van der Waals surface area contributed by atoms with Crippen molar-refractivity contribution in [1.82, 2.24) is 10.2 Å². The topological polar surface area (TPSA) is 24.5 Å². The minimum Gasteiger partial charge on any atom is -0.375 e. The van der Waals surface area contributed by atoms with E-state index in [2.05, 4.69) is 48.5 Å². The van der Waals surface area contributed by atoms with Gasteiger partial charge in [0, 0.05) is 30.3 Å². The number of hydrogen-bond acceptors (Lipinski definition) is 4. The highest BCUT2D eigenvalue weighted by atomic mass is 32.2. The van der Waals surface area contributed by atoms with Gasteiger partial charge in [0.1, 0.15) is 0 Å². The van der Waals surface area contributed by atoms with Gasteiger partial charge in [0.2, 0.25) is 0 Å². The van der Waals surface area contributed by atoms with Crippen LogP contribution >= 0.6 is 11.8 Å². The van der Waals surface area contributed by atoms with Gasteiger partial charge >= 0.3 is 0 Å². The second-order valence-corrected chi connectivity index (χ2v) is 6.08. The zero-order valence-electron chi connectivity index (χ0n) is 11.9. The number of rotatable bonds is 6. The van der Waals surface area contributed by atoms with Gasteiger partial charge in [-0.05, 0) is 31.3 Å². The van der Waals surface area contributed by atoms with Crippen molar-refractivity contribution in [2.75, 3.05) is 39.0 Å². The molecule has 4 heteroatoms. The van der Waals surface area contributed by atoms with Crippen LogP contribution in [0.2, 0.25) is 0 Å². The molecule has 0 spiro atoms. The monoisotopic (exact) mass is 280 g/mol. The smallest absolute Gasteiger partial charge is 0.0796 e. The van der Waals surface area contributed by atoms with Crippen LogP contribution < -0.4 is 5.32 Å². The zero-order chi connectivity index (χ0) is 13.5. The summed E-state index contributed by atoms with van der Waals surface area (Å²) in [5, 5.41) is 3.34. The maximum absolute atomic E-state index is 5.77. The van der Waals surface area contributed by atoms with Gasteiger partial charge in [-0.2, -0.15) is 0 Å². The molecule has 1 heterocycles. The van der Waals surface area contributed by atoms with E-state index in [4.69, 9.17) is 4.74 Å². The van der Waals surface area contributed by atoms with Crippen molar-refractivity contribution in [1.29, 1.82) is 0 Å². The molecule has 1 fully saturated rings. The second kappa shape index (κ2) is 7.90. The fourth-order valence-electron chi connectivity index (χ4n) is 2.13. The SMILES string of the molecule is CCNCc1ccc(SCC2CN(C)CCO2)cc1. The van der Waals surface area contributed by atoms with Crippen LogP contribution in [-0.2, 0) is 11.3 Å². The molecule has 0 aromatic heterocycles. The van der Waals surface area contributed by atoms with Crippen LogP contribution in [0.15, 0.2) is 29.2 Å². The lowest BCUT2D eigenvalue weighted by atomic mass is 10.2. The Bertz CT molecular complexity index is 369. The van der Waals surface area contributed by atoms with Gasteiger partial charge in [0.15, 0.2) is 0 Å². The van der Waals surface area contributed by atoms with Gasteiger partial charge in [-0.3, -0.25) is 0 Å². The number of nitrogens with one attached hydrogen (secondary N) is 1. The van der Waals surface area contributed by atoms with Crippen molar-refractivity contribution in [2.45, 2.75) is 24.5 Å². The van der Waals surface area contributed by atoms with Gasteiger partial charge < -0.3 is 15.0 Å². The van der Waals surface area contributed by atoms with Crippen molar-refractivity contribution in [3.63, 3.8) is 0 Å². The third-order valence-electron chi connectivity index (χ3n) is 3.28. The van der Waals surface area contributed by atoms with Crippen LogP contribution in [0.3, 0.4) is 0 Å². The Hall–Kier alpha value is -0.550. The lowest BCUT2D eigenvalue weighted by Crippen LogP contribution is -2.41. The Labute approximate surface area is 120 Å². The Kier molecular flexibility index (Phi) is 6.17. The number of likely N-dealkylation sites (N-methyl/N-ethyl adjacent to an activating group) is 1. The van der Waals surface area contributed by atoms with Crippen LogP contribution in [0.25, 0.3) is 0 Å². The summed E-state index contributed by atoms with van der Waals surface area (Å²) in [4.78, 5) is 3.67. The molecule has 19 heavy (non-hydrogen) atoms. The molecular weight excluding hydrogens is 256 g/mol. The van der Waals surface area contributed by atoms with E-state index in [1.54, 1.807) is 0 Å². The minimum atomic E-state index is 0.366. The van der Waals surface area contributed by atoms with Crippen LogP contribution in [-0.4, -0.2) is 50.0 Å². The summed E-state index contributed by atoms with van der Waals surface area (Å²) in [6.07, 6.45) is 0.366. The average molecular weight is 280 g/mol. The highest BCUT2D eigenvalue weighted by molar-refractivity contribution is 7.99. The van der Waals surface area contributed by atoms with Gasteiger partial charge in [0.25, 0.3) is 0 Å². The first-order chi connectivity index (χ1) is 9.28. The van der Waals surface area contributed by atoms with Crippen LogP contribution in [0.5, 0.6) is 0 Å². The van der Waals surface area contributed by atoms with Crippen molar-refractivity contribution < 1.29 is 4.74 Å². The van der Waals surface area contributed by atoms with Crippen molar-refractivity contribution >= 4 is 11.8 Å². The second-order valence-electron chi connectivity index (χ2n) is 4.99. The largest absolute Gasteiger partial charge is 0.375 e. The molecule has 1 atom stereocenters. The maximum atomic E-state index is 5.77. The van der Waals surface area contributed by atoms with Gasteiger partial charge in [-0.25, -0.2) is 0 Å². The van der Waals surface area contributed by atoms with E-state index in [0.717, 1.165) is 38.5 Å². The molecule has 1 aliphatic heterocycles. The maximum Gasteiger partial charge on any atom is 0.0796 e. The third-order valence-corrected chi connectivity index (χ3v) is 4.42. The van der Waals surface area contributed by atoms with Crippen molar-refractivity contribution in [3.05, 3.63) is 29.8 Å². The summed E-state index contributed by atoms with van der Waals surface area (Å²) in [5.74, 6) is 1.04. The lowest BCUT2D eigenvalue weighted by molar-refractivity contribution is -0.00598. The summed E-state index contributed by atoms with van der Waals surface area (Å²) in [6.45, 7) is 7.07. The predicted octanol–water partition coefficient (Wildman–Crippen LogP) is 2.22. The van der Waals surface area contributed by atoms with Crippen molar-refractivity contribution in [3.8, 4) is 0 Å². The fourth-order valence-corrected chi connectivity index (χ4v) is 3.04. The molecule has 1 aromatic rings. The van der Waals surface area contributed by atoms with E-state index >= 15 is 0 Å². The van der Waals surface area contributed by atoms with Gasteiger partial charge in [-0.1, -0.05) is 19.1 Å². The summed E-state index contributed by atoms with van der Waals surface area (Å²) < 4.78 is 5.77. The first-order valence-electron chi connectivity index (χ1n) is 7.00. The summed E-state index contributed by atoms with van der Waals surface area (Å²) in [6, 6.07) is 8.84. The summed E-state index contributed by atoms with van der Waals surface area (Å²) in [7, 11) is 2.16. The molecule has 3 nitrogen and oxygen atoms in total. The summed E-state index contributed by atoms with van der Waals surface area (Å²) in [5.41, 5.74) is 1.35. The van der Waals surface area contributed by atoms with Crippen LogP contribution in [0.4, 0.5) is 0 Å². The molecule has 106 valence electrons. The van der Waals surface area contributed by atoms with E-state index in [1.807, 2.05) is 11.8 Å². The number of thioether (sulfide) groups is 1. The standard InChI is InChI=1S/C15H24N2OS/c1-3-16-10-13-4-6-15(7-5-13)19-12-14-11-17(2)8-9-18-14/h4-7,14,16H,3,8-12H2,1-2H3. The molecular formula is C15H24N2OS. The molecule has 1 aliphatic rings. The minimum absolute atomic E-state index is 0.366. The molecule has 0 bridgehead atoms. The molecule has 1 N–H and O–H groups in total. The highest BCUT2D eigenvalue weighted by Crippen LogP contribution is 2.21. The first kappa shape index (κ1) is 14.9. The fraction of sp³-hybridized carbons (Fsp3) is 0.600. The Morgan fingerprint density at radius 1 is 1.37 bits per heavy atom. The van der Waals surface area contributed by atoms with E-state index in [0.29, 0.717) is 6.10 Å². The molecule has 1 saturated heterocycles. The number of nitrogens with zero attached hydrogens (tertiary/aromatic N) is 1. The Balaban J connectivity index is 1.76. The molecule has 0 amide bonds. The number of ether oxygens (including phenoxy) is 1. The van der Waals surface area contributed by atoms with Crippen molar-refractivity contribution in [2.24, 2.45) is 0 Å². The average Bonchev–Trinajstić information content (AvgIpc) is 2.44. The molecule has 0 aliphatic carbocycles. The quantitative estimate of drug-likeness (QED) is 0.808. The van der Waals surface area contributed by atoms with Gasteiger partial charge in [0.05, 0.1) is 12.7 Å².